The molecule has 0 saturated heterocycles. The molecule has 0 aliphatic heterocycles. The zero-order valence-electron chi connectivity index (χ0n) is 15.2. The first-order valence-electron chi connectivity index (χ1n) is 8.62. The van der Waals surface area contributed by atoms with Gasteiger partial charge in [-0.3, -0.25) is 0 Å². The van der Waals surface area contributed by atoms with Crippen molar-refractivity contribution >= 4 is 16.8 Å². The number of anilines is 1. The van der Waals surface area contributed by atoms with Gasteiger partial charge in [0.25, 0.3) is 0 Å². The van der Waals surface area contributed by atoms with Crippen molar-refractivity contribution in [1.82, 2.24) is 9.97 Å². The smallest absolute Gasteiger partial charge is 0.214 e. The SMILES string of the molecule is Cc1cccc(N(C)N)c1COc1cccc(-c2ccc3ocnc3c2)n1. The van der Waals surface area contributed by atoms with Gasteiger partial charge in [-0.25, -0.2) is 15.8 Å². The summed E-state index contributed by atoms with van der Waals surface area (Å²) >= 11 is 0. The van der Waals surface area contributed by atoms with Gasteiger partial charge in [0.2, 0.25) is 5.88 Å². The van der Waals surface area contributed by atoms with Crippen LogP contribution in [0.1, 0.15) is 11.1 Å². The van der Waals surface area contributed by atoms with Gasteiger partial charge in [-0.1, -0.05) is 18.2 Å². The Balaban J connectivity index is 1.59. The van der Waals surface area contributed by atoms with Crippen LogP contribution in [0, 0.1) is 6.92 Å². The summed E-state index contributed by atoms with van der Waals surface area (Å²) in [6, 6.07) is 17.5. The quantitative estimate of drug-likeness (QED) is 0.427. The lowest BCUT2D eigenvalue weighted by molar-refractivity contribution is 0.294. The van der Waals surface area contributed by atoms with E-state index in [1.54, 1.807) is 5.01 Å². The number of aryl methyl sites for hydroxylation is 1. The highest BCUT2D eigenvalue weighted by molar-refractivity contribution is 5.79. The lowest BCUT2D eigenvalue weighted by Gasteiger charge is -2.19. The van der Waals surface area contributed by atoms with Gasteiger partial charge in [0.15, 0.2) is 12.0 Å². The number of pyridine rings is 1. The normalized spacial score (nSPS) is 10.9. The molecule has 0 bridgehead atoms. The third-order valence-electron chi connectivity index (χ3n) is 4.48. The number of oxazole rings is 1. The van der Waals surface area contributed by atoms with E-state index in [1.165, 1.54) is 6.39 Å². The number of ether oxygens (including phenoxy) is 1. The molecule has 4 aromatic rings. The van der Waals surface area contributed by atoms with Crippen LogP contribution in [-0.2, 0) is 6.61 Å². The van der Waals surface area contributed by atoms with Crippen LogP contribution in [0.4, 0.5) is 5.69 Å². The van der Waals surface area contributed by atoms with E-state index in [2.05, 4.69) is 9.97 Å². The highest BCUT2D eigenvalue weighted by Crippen LogP contribution is 2.26. The number of nitrogens with two attached hydrogens (primary N) is 1. The van der Waals surface area contributed by atoms with Crippen LogP contribution in [-0.4, -0.2) is 17.0 Å². The molecular weight excluding hydrogens is 340 g/mol. The maximum atomic E-state index is 5.97. The van der Waals surface area contributed by atoms with Gasteiger partial charge >= 0.3 is 0 Å². The number of aromatic nitrogens is 2. The second kappa shape index (κ2) is 7.09. The summed E-state index contributed by atoms with van der Waals surface area (Å²) in [5.41, 5.74) is 6.43. The summed E-state index contributed by atoms with van der Waals surface area (Å²) in [7, 11) is 1.82. The second-order valence-electron chi connectivity index (χ2n) is 6.37. The Morgan fingerprint density at radius 2 is 1.96 bits per heavy atom. The average molecular weight is 360 g/mol. The Kier molecular flexibility index (Phi) is 4.48. The Bertz CT molecular complexity index is 1090. The highest BCUT2D eigenvalue weighted by atomic mass is 16.5. The molecule has 2 aromatic carbocycles. The van der Waals surface area contributed by atoms with Crippen molar-refractivity contribution in [2.75, 3.05) is 12.1 Å². The van der Waals surface area contributed by atoms with E-state index < -0.39 is 0 Å². The van der Waals surface area contributed by atoms with E-state index in [1.807, 2.05) is 68.6 Å². The molecule has 2 aromatic heterocycles. The maximum Gasteiger partial charge on any atom is 0.214 e. The molecule has 6 heteroatoms. The third kappa shape index (κ3) is 3.47. The molecule has 0 unspecified atom stereocenters. The number of hydrazine groups is 1. The predicted molar refractivity (Wildman–Crippen MR) is 105 cm³/mol. The van der Waals surface area contributed by atoms with Gasteiger partial charge in [0.05, 0.1) is 11.4 Å². The summed E-state index contributed by atoms with van der Waals surface area (Å²) in [5, 5.41) is 1.60. The monoisotopic (exact) mass is 360 g/mol. The Morgan fingerprint density at radius 3 is 2.81 bits per heavy atom. The molecule has 0 spiro atoms. The van der Waals surface area contributed by atoms with Crippen LogP contribution in [0.3, 0.4) is 0 Å². The topological polar surface area (TPSA) is 77.4 Å². The van der Waals surface area contributed by atoms with Gasteiger partial charge in [-0.2, -0.15) is 0 Å². The minimum atomic E-state index is 0.391. The first-order chi connectivity index (χ1) is 13.1. The van der Waals surface area contributed by atoms with E-state index in [-0.39, 0.29) is 0 Å². The molecule has 0 fully saturated rings. The van der Waals surface area contributed by atoms with Crippen LogP contribution in [0.15, 0.2) is 65.4 Å². The fourth-order valence-electron chi connectivity index (χ4n) is 3.02. The van der Waals surface area contributed by atoms with Crippen molar-refractivity contribution in [2.24, 2.45) is 5.84 Å². The minimum Gasteiger partial charge on any atom is -0.473 e. The van der Waals surface area contributed by atoms with Crippen molar-refractivity contribution in [3.63, 3.8) is 0 Å². The van der Waals surface area contributed by atoms with Crippen LogP contribution < -0.4 is 15.6 Å². The first kappa shape index (κ1) is 17.1. The van der Waals surface area contributed by atoms with E-state index in [0.29, 0.717) is 12.5 Å². The fourth-order valence-corrected chi connectivity index (χ4v) is 3.02. The number of nitrogens with zero attached hydrogens (tertiary/aromatic N) is 3. The summed E-state index contributed by atoms with van der Waals surface area (Å²) in [6.07, 6.45) is 1.44. The average Bonchev–Trinajstić information content (AvgIpc) is 3.15. The van der Waals surface area contributed by atoms with Crippen molar-refractivity contribution < 1.29 is 9.15 Å². The fraction of sp³-hybridized carbons (Fsp3) is 0.143. The molecule has 2 N–H and O–H groups in total. The summed E-state index contributed by atoms with van der Waals surface area (Å²) < 4.78 is 11.3. The first-order valence-corrected chi connectivity index (χ1v) is 8.62. The maximum absolute atomic E-state index is 5.97. The van der Waals surface area contributed by atoms with E-state index >= 15 is 0 Å². The van der Waals surface area contributed by atoms with Crippen molar-refractivity contribution in [1.29, 1.82) is 0 Å². The van der Waals surface area contributed by atoms with E-state index in [9.17, 15) is 0 Å². The van der Waals surface area contributed by atoms with Crippen LogP contribution in [0.5, 0.6) is 5.88 Å². The van der Waals surface area contributed by atoms with Gasteiger partial charge in [-0.15, -0.1) is 0 Å². The number of benzene rings is 2. The van der Waals surface area contributed by atoms with Gasteiger partial charge < -0.3 is 14.2 Å². The van der Waals surface area contributed by atoms with Crippen molar-refractivity contribution in [3.8, 4) is 17.1 Å². The molecule has 27 heavy (non-hydrogen) atoms. The molecule has 0 aliphatic rings. The minimum absolute atomic E-state index is 0.391. The molecule has 0 atom stereocenters. The largest absolute Gasteiger partial charge is 0.473 e. The Labute approximate surface area is 157 Å². The molecule has 0 amide bonds. The molecular formula is C21H20N4O2. The summed E-state index contributed by atoms with van der Waals surface area (Å²) in [5.74, 6) is 6.49. The summed E-state index contributed by atoms with van der Waals surface area (Å²) in [6.45, 7) is 2.44. The van der Waals surface area contributed by atoms with Gasteiger partial charge in [0.1, 0.15) is 12.1 Å². The molecule has 6 nitrogen and oxygen atoms in total. The predicted octanol–water partition coefficient (Wildman–Crippen LogP) is 4.09. The second-order valence-corrected chi connectivity index (χ2v) is 6.37. The standard InChI is InChI=1S/C21H20N4O2/c1-14-5-3-7-19(25(2)22)16(14)12-26-21-8-4-6-17(24-21)15-9-10-20-18(11-15)23-13-27-20/h3-11,13H,12,22H2,1-2H3. The third-order valence-corrected chi connectivity index (χ3v) is 4.48. The molecule has 2 heterocycles. The molecule has 0 radical (unpaired) electrons. The zero-order valence-corrected chi connectivity index (χ0v) is 15.2. The summed E-state index contributed by atoms with van der Waals surface area (Å²) in [4.78, 5) is 8.82. The van der Waals surface area contributed by atoms with Crippen LogP contribution in [0.25, 0.3) is 22.4 Å². The Morgan fingerprint density at radius 1 is 1.11 bits per heavy atom. The number of rotatable bonds is 5. The lowest BCUT2D eigenvalue weighted by Crippen LogP contribution is -2.26. The van der Waals surface area contributed by atoms with Crippen molar-refractivity contribution in [2.45, 2.75) is 13.5 Å². The highest BCUT2D eigenvalue weighted by Gasteiger charge is 2.10. The van der Waals surface area contributed by atoms with Gasteiger partial charge in [0, 0.05) is 24.2 Å². The number of hydrogen-bond donors (Lipinski definition) is 1. The molecule has 0 aliphatic carbocycles. The zero-order chi connectivity index (χ0) is 18.8. The van der Waals surface area contributed by atoms with Crippen LogP contribution >= 0.6 is 0 Å². The number of fused-ring (bicyclic) bond motifs is 1. The van der Waals surface area contributed by atoms with E-state index in [4.69, 9.17) is 15.0 Å². The molecule has 0 saturated carbocycles. The van der Waals surface area contributed by atoms with Crippen LogP contribution in [0.2, 0.25) is 0 Å². The molecule has 136 valence electrons. The van der Waals surface area contributed by atoms with E-state index in [0.717, 1.165) is 39.2 Å². The lowest BCUT2D eigenvalue weighted by atomic mass is 10.1. The van der Waals surface area contributed by atoms with Crippen molar-refractivity contribution in [3.05, 3.63) is 72.1 Å². The number of hydrogen-bond acceptors (Lipinski definition) is 6. The Hall–Kier alpha value is -3.38. The molecule has 4 rings (SSSR count). The van der Waals surface area contributed by atoms with Gasteiger partial charge in [-0.05, 0) is 42.8 Å².